The molecule has 4 heteroatoms. The van der Waals surface area contributed by atoms with Crippen molar-refractivity contribution in [2.75, 3.05) is 7.11 Å². The van der Waals surface area contributed by atoms with Crippen LogP contribution < -0.4 is 16.0 Å². The summed E-state index contributed by atoms with van der Waals surface area (Å²) in [6.07, 6.45) is 0. The van der Waals surface area contributed by atoms with Gasteiger partial charge in [0.15, 0.2) is 0 Å². The van der Waals surface area contributed by atoms with Crippen LogP contribution in [-0.2, 0) is 13.1 Å². The van der Waals surface area contributed by atoms with Crippen LogP contribution in [-0.4, -0.2) is 11.7 Å². The van der Waals surface area contributed by atoms with E-state index in [1.165, 1.54) is 0 Å². The van der Waals surface area contributed by atoms with Crippen molar-refractivity contribution in [1.29, 1.82) is 0 Å². The lowest BCUT2D eigenvalue weighted by Gasteiger charge is -2.12. The Bertz CT molecular complexity index is 632. The van der Waals surface area contributed by atoms with Crippen LogP contribution in [0.3, 0.4) is 0 Å². The summed E-state index contributed by atoms with van der Waals surface area (Å²) in [6, 6.07) is 11.1. The molecule has 2 N–H and O–H groups in total. The molecular weight excluding hydrogens is 240 g/mol. The fourth-order valence-electron chi connectivity index (χ4n) is 2.06. The number of hydrogen-bond acceptors (Lipinski definition) is 3. The summed E-state index contributed by atoms with van der Waals surface area (Å²) in [4.78, 5) is 11.8. The zero-order chi connectivity index (χ0) is 13.8. The third kappa shape index (κ3) is 2.85. The maximum Gasteiger partial charge on any atom is 0.251 e. The Morgan fingerprint density at radius 2 is 2.05 bits per heavy atom. The number of aromatic nitrogens is 1. The van der Waals surface area contributed by atoms with E-state index in [1.807, 2.05) is 31.2 Å². The first-order valence-electron chi connectivity index (χ1n) is 6.18. The minimum Gasteiger partial charge on any atom is -0.496 e. The topological polar surface area (TPSA) is 57.2 Å². The van der Waals surface area contributed by atoms with Crippen LogP contribution in [0.4, 0.5) is 0 Å². The number of benzene rings is 1. The van der Waals surface area contributed by atoms with Gasteiger partial charge in [-0.3, -0.25) is 4.79 Å². The van der Waals surface area contributed by atoms with Crippen molar-refractivity contribution < 1.29 is 4.74 Å². The molecule has 0 aliphatic rings. The number of hydrogen-bond donors (Lipinski definition) is 1. The quantitative estimate of drug-likeness (QED) is 0.907. The maximum absolute atomic E-state index is 11.8. The fourth-order valence-corrected chi connectivity index (χ4v) is 2.06. The first-order chi connectivity index (χ1) is 9.15. The summed E-state index contributed by atoms with van der Waals surface area (Å²) in [6.45, 7) is 2.90. The molecule has 0 spiro atoms. The highest BCUT2D eigenvalue weighted by Crippen LogP contribution is 2.20. The molecule has 0 bridgehead atoms. The third-order valence-electron chi connectivity index (χ3n) is 3.18. The lowest BCUT2D eigenvalue weighted by Crippen LogP contribution is -2.21. The van der Waals surface area contributed by atoms with Crippen molar-refractivity contribution in [3.05, 3.63) is 63.6 Å². The summed E-state index contributed by atoms with van der Waals surface area (Å²) in [7, 11) is 1.62. The molecular formula is C15H18N2O2. The SMILES string of the molecule is COc1cc(Cn2c(C)cccc2=O)ccc1CN. The van der Waals surface area contributed by atoms with Crippen molar-refractivity contribution in [3.8, 4) is 5.75 Å². The second-order valence-corrected chi connectivity index (χ2v) is 4.44. The van der Waals surface area contributed by atoms with Crippen molar-refractivity contribution in [1.82, 2.24) is 4.57 Å². The van der Waals surface area contributed by atoms with Crippen LogP contribution in [0.1, 0.15) is 16.8 Å². The smallest absolute Gasteiger partial charge is 0.251 e. The molecule has 0 unspecified atom stereocenters. The molecule has 19 heavy (non-hydrogen) atoms. The van der Waals surface area contributed by atoms with Gasteiger partial charge in [-0.1, -0.05) is 18.2 Å². The van der Waals surface area contributed by atoms with Crippen LogP contribution in [0, 0.1) is 6.92 Å². The van der Waals surface area contributed by atoms with Gasteiger partial charge < -0.3 is 15.0 Å². The van der Waals surface area contributed by atoms with Crippen molar-refractivity contribution >= 4 is 0 Å². The fraction of sp³-hybridized carbons (Fsp3) is 0.267. The van der Waals surface area contributed by atoms with E-state index in [9.17, 15) is 4.79 Å². The standard InChI is InChI=1S/C15H18N2O2/c1-11-4-3-5-15(18)17(11)10-12-6-7-13(9-16)14(8-12)19-2/h3-8H,9-10,16H2,1-2H3. The summed E-state index contributed by atoms with van der Waals surface area (Å²) in [5.41, 5.74) is 8.56. The number of rotatable bonds is 4. The zero-order valence-corrected chi connectivity index (χ0v) is 11.2. The number of pyridine rings is 1. The average molecular weight is 258 g/mol. The highest BCUT2D eigenvalue weighted by molar-refractivity contribution is 5.37. The highest BCUT2D eigenvalue weighted by atomic mass is 16.5. The minimum atomic E-state index is 0.00173. The van der Waals surface area contributed by atoms with Gasteiger partial charge in [0.05, 0.1) is 13.7 Å². The molecule has 0 aliphatic heterocycles. The van der Waals surface area contributed by atoms with E-state index in [-0.39, 0.29) is 5.56 Å². The predicted octanol–water partition coefficient (Wildman–Crippen LogP) is 1.67. The Morgan fingerprint density at radius 1 is 1.26 bits per heavy atom. The molecule has 0 saturated heterocycles. The van der Waals surface area contributed by atoms with E-state index in [4.69, 9.17) is 10.5 Å². The second-order valence-electron chi connectivity index (χ2n) is 4.44. The maximum atomic E-state index is 11.8. The van der Waals surface area contributed by atoms with Crippen LogP contribution in [0.15, 0.2) is 41.2 Å². The molecule has 1 aromatic carbocycles. The average Bonchev–Trinajstić information content (AvgIpc) is 2.42. The molecule has 0 radical (unpaired) electrons. The lowest BCUT2D eigenvalue weighted by molar-refractivity contribution is 0.409. The third-order valence-corrected chi connectivity index (χ3v) is 3.18. The van der Waals surface area contributed by atoms with Gasteiger partial charge in [0.1, 0.15) is 5.75 Å². The molecule has 1 heterocycles. The van der Waals surface area contributed by atoms with Gasteiger partial charge in [-0.05, 0) is 24.6 Å². The molecule has 0 saturated carbocycles. The number of aryl methyl sites for hydroxylation is 1. The van der Waals surface area contributed by atoms with Crippen molar-refractivity contribution in [3.63, 3.8) is 0 Å². The second kappa shape index (κ2) is 5.71. The molecule has 0 amide bonds. The molecule has 2 rings (SSSR count). The largest absolute Gasteiger partial charge is 0.496 e. The minimum absolute atomic E-state index is 0.00173. The van der Waals surface area contributed by atoms with Crippen LogP contribution in [0.25, 0.3) is 0 Å². The van der Waals surface area contributed by atoms with E-state index >= 15 is 0 Å². The number of nitrogens with two attached hydrogens (primary N) is 1. The Kier molecular flexibility index (Phi) is 4.02. The van der Waals surface area contributed by atoms with Gasteiger partial charge >= 0.3 is 0 Å². The molecule has 4 nitrogen and oxygen atoms in total. The molecule has 0 atom stereocenters. The Balaban J connectivity index is 2.36. The lowest BCUT2D eigenvalue weighted by atomic mass is 10.1. The Morgan fingerprint density at radius 3 is 2.68 bits per heavy atom. The molecule has 100 valence electrons. The predicted molar refractivity (Wildman–Crippen MR) is 75.4 cm³/mol. The van der Waals surface area contributed by atoms with Crippen LogP contribution in [0.2, 0.25) is 0 Å². The molecule has 0 aliphatic carbocycles. The van der Waals surface area contributed by atoms with Gasteiger partial charge in [-0.25, -0.2) is 0 Å². The molecule has 2 aromatic rings. The first-order valence-corrected chi connectivity index (χ1v) is 6.18. The van der Waals surface area contributed by atoms with Gasteiger partial charge in [0.2, 0.25) is 0 Å². The monoisotopic (exact) mass is 258 g/mol. The molecule has 0 fully saturated rings. The Hall–Kier alpha value is -2.07. The molecule has 1 aromatic heterocycles. The van der Waals surface area contributed by atoms with E-state index < -0.39 is 0 Å². The van der Waals surface area contributed by atoms with E-state index in [2.05, 4.69) is 0 Å². The van der Waals surface area contributed by atoms with Gasteiger partial charge in [0.25, 0.3) is 5.56 Å². The van der Waals surface area contributed by atoms with Crippen LogP contribution in [0.5, 0.6) is 5.75 Å². The summed E-state index contributed by atoms with van der Waals surface area (Å²) < 4.78 is 7.04. The summed E-state index contributed by atoms with van der Waals surface area (Å²) in [5, 5.41) is 0. The summed E-state index contributed by atoms with van der Waals surface area (Å²) in [5.74, 6) is 0.765. The summed E-state index contributed by atoms with van der Waals surface area (Å²) >= 11 is 0. The van der Waals surface area contributed by atoms with Crippen molar-refractivity contribution in [2.45, 2.75) is 20.0 Å². The van der Waals surface area contributed by atoms with E-state index in [0.29, 0.717) is 13.1 Å². The number of ether oxygens (including phenoxy) is 1. The first kappa shape index (κ1) is 13.4. The highest BCUT2D eigenvalue weighted by Gasteiger charge is 2.05. The zero-order valence-electron chi connectivity index (χ0n) is 11.2. The normalized spacial score (nSPS) is 10.5. The van der Waals surface area contributed by atoms with E-state index in [1.54, 1.807) is 23.8 Å². The number of nitrogens with zero attached hydrogens (tertiary/aromatic N) is 1. The van der Waals surface area contributed by atoms with Crippen LogP contribution >= 0.6 is 0 Å². The van der Waals surface area contributed by atoms with Gasteiger partial charge in [-0.15, -0.1) is 0 Å². The van der Waals surface area contributed by atoms with E-state index in [0.717, 1.165) is 22.6 Å². The van der Waals surface area contributed by atoms with Gasteiger partial charge in [0, 0.05) is 23.9 Å². The Labute approximate surface area is 112 Å². The van der Waals surface area contributed by atoms with Gasteiger partial charge in [-0.2, -0.15) is 0 Å². The number of methoxy groups -OCH3 is 1. The van der Waals surface area contributed by atoms with Crippen molar-refractivity contribution in [2.24, 2.45) is 5.73 Å².